The summed E-state index contributed by atoms with van der Waals surface area (Å²) in [5.41, 5.74) is 11.1. The quantitative estimate of drug-likeness (QED) is 0.414. The molecule has 1 atom stereocenters. The zero-order valence-corrected chi connectivity index (χ0v) is 9.02. The van der Waals surface area contributed by atoms with E-state index in [1.54, 1.807) is 12.5 Å². The van der Waals surface area contributed by atoms with Crippen molar-refractivity contribution in [3.63, 3.8) is 0 Å². The molecule has 4 heteroatoms. The summed E-state index contributed by atoms with van der Waals surface area (Å²) in [5, 5.41) is -0.115. The zero-order chi connectivity index (χ0) is 9.61. The van der Waals surface area contributed by atoms with Crippen LogP contribution in [-0.2, 0) is 9.93 Å². The summed E-state index contributed by atoms with van der Waals surface area (Å²) in [4.78, 5) is 0. The molecule has 0 fully saturated rings. The van der Waals surface area contributed by atoms with Gasteiger partial charge in [0.2, 0.25) is 0 Å². The van der Waals surface area contributed by atoms with Gasteiger partial charge >= 0.3 is 0 Å². The highest BCUT2D eigenvalue weighted by atomic mass is 32.2. The van der Waals surface area contributed by atoms with E-state index in [-0.39, 0.29) is 5.37 Å². The first kappa shape index (κ1) is 12.1. The van der Waals surface area contributed by atoms with Crippen molar-refractivity contribution in [1.29, 1.82) is 0 Å². The number of unbranched alkanes of at least 4 members (excludes halogenated alkanes) is 2. The molecule has 4 N–H and O–H groups in total. The minimum Gasteiger partial charge on any atom is -0.330 e. The topological polar surface area (TPSA) is 69.1 Å². The van der Waals surface area contributed by atoms with Gasteiger partial charge < -0.3 is 11.5 Å². The molecule has 12 heavy (non-hydrogen) atoms. The normalized spacial score (nSPS) is 16.0. The van der Waals surface area contributed by atoms with E-state index in [1.807, 2.05) is 0 Å². The lowest BCUT2D eigenvalue weighted by atomic mass is 10.2. The van der Waals surface area contributed by atoms with Gasteiger partial charge in [0.05, 0.1) is 5.37 Å². The molecule has 1 unspecified atom stereocenters. The van der Waals surface area contributed by atoms with Crippen molar-refractivity contribution in [2.45, 2.75) is 31.1 Å². The van der Waals surface area contributed by atoms with Gasteiger partial charge in [-0.25, -0.2) is 0 Å². The summed E-state index contributed by atoms with van der Waals surface area (Å²) in [6.07, 6.45) is 7.56. The summed E-state index contributed by atoms with van der Waals surface area (Å²) in [6.45, 7) is 0.741. The fraction of sp³-hybridized carbons (Fsp3) is 1.00. The maximum absolute atomic E-state index is 11.4. The average molecular weight is 194 g/mol. The van der Waals surface area contributed by atoms with E-state index in [0.717, 1.165) is 32.2 Å². The molecule has 0 aromatic heterocycles. The Hall–Kier alpha value is 0.0700. The van der Waals surface area contributed by atoms with Gasteiger partial charge in [-0.15, -0.1) is 0 Å². The van der Waals surface area contributed by atoms with E-state index in [2.05, 4.69) is 0 Å². The molecule has 0 saturated carbocycles. The highest BCUT2D eigenvalue weighted by Gasteiger charge is 2.11. The molecule has 0 aliphatic rings. The van der Waals surface area contributed by atoms with E-state index in [0.29, 0.717) is 0 Å². The molecule has 0 radical (unpaired) electrons. The first-order valence-electron chi connectivity index (χ1n) is 4.49. The first-order chi connectivity index (χ1) is 5.48. The third kappa shape index (κ3) is 5.69. The highest BCUT2D eigenvalue weighted by Crippen LogP contribution is 2.08. The van der Waals surface area contributed by atoms with Gasteiger partial charge in [0.15, 0.2) is 0 Å². The van der Waals surface area contributed by atoms with Gasteiger partial charge in [-0.1, -0.05) is 22.8 Å². The number of hydrogen-bond donors (Lipinski definition) is 3. The Morgan fingerprint density at radius 1 is 1.25 bits per heavy atom. The molecule has 3 nitrogen and oxygen atoms in total. The summed E-state index contributed by atoms with van der Waals surface area (Å²) in [6, 6.07) is 0. The second-order valence-corrected chi connectivity index (χ2v) is 7.17. The lowest BCUT2D eigenvalue weighted by Gasteiger charge is -2.20. The third-order valence-corrected chi connectivity index (χ3v) is 3.86. The Morgan fingerprint density at radius 2 is 1.83 bits per heavy atom. The maximum atomic E-state index is 11.4. The van der Waals surface area contributed by atoms with Crippen LogP contribution in [0.3, 0.4) is 0 Å². The minimum absolute atomic E-state index is 0.115. The predicted molar refractivity (Wildman–Crippen MR) is 56.9 cm³/mol. The van der Waals surface area contributed by atoms with E-state index in [1.165, 1.54) is 0 Å². The molecule has 0 aromatic rings. The van der Waals surface area contributed by atoms with Gasteiger partial charge in [0, 0.05) is 0 Å². The lowest BCUT2D eigenvalue weighted by molar-refractivity contribution is 0.612. The fourth-order valence-electron chi connectivity index (χ4n) is 0.985. The average Bonchev–Trinajstić information content (AvgIpc) is 1.96. The molecule has 76 valence electrons. The highest BCUT2D eigenvalue weighted by molar-refractivity contribution is 8.02. The minimum atomic E-state index is -2.06. The predicted octanol–water partition coefficient (Wildman–Crippen LogP) is 0.0666. The molecule has 0 amide bonds. The number of nitrogens with two attached hydrogens (primary N) is 2. The van der Waals surface area contributed by atoms with Crippen molar-refractivity contribution in [3.05, 3.63) is 0 Å². The van der Waals surface area contributed by atoms with Crippen molar-refractivity contribution in [2.24, 2.45) is 11.5 Å². The van der Waals surface area contributed by atoms with Gasteiger partial charge in [0.25, 0.3) is 0 Å². The Kier molecular flexibility index (Phi) is 5.70. The lowest BCUT2D eigenvalue weighted by Crippen LogP contribution is -2.34. The summed E-state index contributed by atoms with van der Waals surface area (Å²) in [7, 11) is -2.06. The van der Waals surface area contributed by atoms with Crippen molar-refractivity contribution in [3.8, 4) is 0 Å². The second-order valence-electron chi connectivity index (χ2n) is 3.64. The molecule has 0 spiro atoms. The third-order valence-electron chi connectivity index (χ3n) is 2.00. The molecule has 0 heterocycles. The Morgan fingerprint density at radius 3 is 2.25 bits per heavy atom. The SMILES string of the molecule is C[SH](C)(=O)C(N)CCCCCN. The van der Waals surface area contributed by atoms with Crippen LogP contribution in [0.25, 0.3) is 0 Å². The van der Waals surface area contributed by atoms with Gasteiger partial charge in [-0.3, -0.25) is 4.21 Å². The molecule has 0 aromatic carbocycles. The molecular weight excluding hydrogens is 172 g/mol. The van der Waals surface area contributed by atoms with Crippen LogP contribution in [0.2, 0.25) is 0 Å². The van der Waals surface area contributed by atoms with Crippen molar-refractivity contribution in [2.75, 3.05) is 19.1 Å². The zero-order valence-electron chi connectivity index (χ0n) is 8.12. The van der Waals surface area contributed by atoms with Crippen LogP contribution in [0.5, 0.6) is 0 Å². The summed E-state index contributed by atoms with van der Waals surface area (Å²) >= 11 is 0. The maximum Gasteiger partial charge on any atom is 0.0580 e. The summed E-state index contributed by atoms with van der Waals surface area (Å²) in [5.74, 6) is 0. The first-order valence-corrected chi connectivity index (χ1v) is 7.16. The van der Waals surface area contributed by atoms with E-state index < -0.39 is 9.93 Å². The Balaban J connectivity index is 3.45. The summed E-state index contributed by atoms with van der Waals surface area (Å²) < 4.78 is 11.4. The van der Waals surface area contributed by atoms with E-state index in [4.69, 9.17) is 11.5 Å². The van der Waals surface area contributed by atoms with Crippen LogP contribution >= 0.6 is 0 Å². The van der Waals surface area contributed by atoms with Gasteiger partial charge in [-0.05, 0) is 31.9 Å². The van der Waals surface area contributed by atoms with E-state index in [9.17, 15) is 4.21 Å². The monoisotopic (exact) mass is 194 g/mol. The van der Waals surface area contributed by atoms with Gasteiger partial charge in [0.1, 0.15) is 0 Å². The molecular formula is C8H22N2OS. The van der Waals surface area contributed by atoms with E-state index >= 15 is 0 Å². The molecule has 0 aliphatic carbocycles. The van der Waals surface area contributed by atoms with Crippen LogP contribution in [-0.4, -0.2) is 28.6 Å². The van der Waals surface area contributed by atoms with Gasteiger partial charge in [-0.2, -0.15) is 0 Å². The fourth-order valence-corrected chi connectivity index (χ4v) is 1.79. The Labute approximate surface area is 76.3 Å². The van der Waals surface area contributed by atoms with Crippen LogP contribution in [0.1, 0.15) is 25.7 Å². The van der Waals surface area contributed by atoms with Crippen LogP contribution in [0.4, 0.5) is 0 Å². The van der Waals surface area contributed by atoms with Crippen molar-refractivity contribution >= 4 is 9.93 Å². The molecule has 0 saturated heterocycles. The van der Waals surface area contributed by atoms with Crippen molar-refractivity contribution in [1.82, 2.24) is 0 Å². The standard InChI is InChI=1S/C8H22N2OS/c1-12(2,11)8(10)6-4-3-5-7-9/h8,12H,3-7,9-10H2,1-2H3. The molecule has 0 aliphatic heterocycles. The smallest absolute Gasteiger partial charge is 0.0580 e. The second kappa shape index (κ2) is 5.67. The number of hydrogen-bond acceptors (Lipinski definition) is 3. The van der Waals surface area contributed by atoms with Crippen molar-refractivity contribution < 1.29 is 4.21 Å². The largest absolute Gasteiger partial charge is 0.330 e. The number of thiol groups is 1. The number of rotatable bonds is 6. The van der Waals surface area contributed by atoms with Crippen LogP contribution < -0.4 is 11.5 Å². The van der Waals surface area contributed by atoms with Crippen LogP contribution in [0.15, 0.2) is 0 Å². The molecule has 0 rings (SSSR count). The Bertz CT molecular complexity index is 155. The molecule has 0 bridgehead atoms. The van der Waals surface area contributed by atoms with Crippen LogP contribution in [0, 0.1) is 0 Å².